The first kappa shape index (κ1) is 13.9. The molecule has 0 amide bonds. The van der Waals surface area contributed by atoms with E-state index in [9.17, 15) is 8.78 Å². The Morgan fingerprint density at radius 2 is 2.05 bits per heavy atom. The fourth-order valence-electron chi connectivity index (χ4n) is 1.79. The number of nitrogens with one attached hydrogen (secondary N) is 1. The van der Waals surface area contributed by atoms with Crippen molar-refractivity contribution in [2.45, 2.75) is 12.5 Å². The standard InChI is InChI=1S/C13H12ClF2N3/c14-9-6-8(3-4-10(9)15)7-12(19-17)13-11(16)2-1-5-18-13/h1-6,12,19H,7,17H2. The second-order valence-electron chi connectivity index (χ2n) is 4.04. The summed E-state index contributed by atoms with van der Waals surface area (Å²) in [5, 5.41) is 0.0229. The number of hydrogen-bond acceptors (Lipinski definition) is 3. The number of benzene rings is 1. The van der Waals surface area contributed by atoms with Crippen molar-refractivity contribution in [1.29, 1.82) is 0 Å². The van der Waals surface area contributed by atoms with Crippen LogP contribution in [-0.4, -0.2) is 4.98 Å². The smallest absolute Gasteiger partial charge is 0.146 e. The molecule has 0 aliphatic heterocycles. The van der Waals surface area contributed by atoms with Crippen LogP contribution in [0.1, 0.15) is 17.3 Å². The average Bonchev–Trinajstić information content (AvgIpc) is 2.41. The van der Waals surface area contributed by atoms with E-state index in [1.165, 1.54) is 30.5 Å². The van der Waals surface area contributed by atoms with Crippen LogP contribution in [0.3, 0.4) is 0 Å². The maximum absolute atomic E-state index is 13.6. The first-order valence-corrected chi connectivity index (χ1v) is 6.00. The summed E-state index contributed by atoms with van der Waals surface area (Å²) in [6.45, 7) is 0. The van der Waals surface area contributed by atoms with E-state index in [0.29, 0.717) is 6.42 Å². The molecule has 0 fully saturated rings. The van der Waals surface area contributed by atoms with E-state index >= 15 is 0 Å². The number of aromatic nitrogens is 1. The Hall–Kier alpha value is -1.56. The highest BCUT2D eigenvalue weighted by molar-refractivity contribution is 6.30. The van der Waals surface area contributed by atoms with Gasteiger partial charge in [0.05, 0.1) is 16.8 Å². The highest BCUT2D eigenvalue weighted by atomic mass is 35.5. The molecule has 3 nitrogen and oxygen atoms in total. The maximum atomic E-state index is 13.6. The van der Waals surface area contributed by atoms with Crippen molar-refractivity contribution in [3.8, 4) is 0 Å². The predicted octanol–water partition coefficient (Wildman–Crippen LogP) is 2.76. The summed E-state index contributed by atoms with van der Waals surface area (Å²) in [5.41, 5.74) is 3.45. The number of halogens is 3. The summed E-state index contributed by atoms with van der Waals surface area (Å²) in [6.07, 6.45) is 1.84. The summed E-state index contributed by atoms with van der Waals surface area (Å²) < 4.78 is 26.7. The summed E-state index contributed by atoms with van der Waals surface area (Å²) in [7, 11) is 0. The maximum Gasteiger partial charge on any atom is 0.146 e. The Morgan fingerprint density at radius 1 is 1.26 bits per heavy atom. The molecular formula is C13H12ClF2N3. The third-order valence-corrected chi connectivity index (χ3v) is 3.03. The lowest BCUT2D eigenvalue weighted by molar-refractivity contribution is 0.494. The molecule has 2 aromatic rings. The van der Waals surface area contributed by atoms with E-state index < -0.39 is 17.7 Å². The fraction of sp³-hybridized carbons (Fsp3) is 0.154. The molecule has 2 rings (SSSR count). The number of hydrogen-bond donors (Lipinski definition) is 2. The van der Waals surface area contributed by atoms with Crippen LogP contribution in [0.2, 0.25) is 5.02 Å². The van der Waals surface area contributed by atoms with E-state index in [2.05, 4.69) is 10.4 Å². The summed E-state index contributed by atoms with van der Waals surface area (Å²) in [5.74, 6) is 4.49. The quantitative estimate of drug-likeness (QED) is 0.670. The molecule has 0 saturated carbocycles. The van der Waals surface area contributed by atoms with Gasteiger partial charge in [0.15, 0.2) is 0 Å². The molecular weight excluding hydrogens is 272 g/mol. The minimum atomic E-state index is -0.511. The Kier molecular flexibility index (Phi) is 4.42. The number of hydrazine groups is 1. The van der Waals surface area contributed by atoms with Gasteiger partial charge in [0.25, 0.3) is 0 Å². The highest BCUT2D eigenvalue weighted by Gasteiger charge is 2.16. The van der Waals surface area contributed by atoms with E-state index in [4.69, 9.17) is 17.4 Å². The molecule has 6 heteroatoms. The SMILES string of the molecule is NNC(Cc1ccc(F)c(Cl)c1)c1ncccc1F. The number of nitrogens with two attached hydrogens (primary N) is 1. The van der Waals surface area contributed by atoms with Crippen molar-refractivity contribution in [2.24, 2.45) is 5.84 Å². The van der Waals surface area contributed by atoms with Crippen LogP contribution in [0.25, 0.3) is 0 Å². The van der Waals surface area contributed by atoms with Crippen LogP contribution in [0, 0.1) is 11.6 Å². The van der Waals surface area contributed by atoms with Crippen LogP contribution in [-0.2, 0) is 6.42 Å². The Balaban J connectivity index is 2.24. The van der Waals surface area contributed by atoms with Gasteiger partial charge in [-0.3, -0.25) is 16.3 Å². The van der Waals surface area contributed by atoms with E-state index in [0.717, 1.165) is 5.56 Å². The molecule has 3 N–H and O–H groups in total. The van der Waals surface area contributed by atoms with Gasteiger partial charge in [-0.25, -0.2) is 8.78 Å². The van der Waals surface area contributed by atoms with Gasteiger partial charge in [-0.05, 0) is 36.2 Å². The second-order valence-corrected chi connectivity index (χ2v) is 4.45. The zero-order valence-corrected chi connectivity index (χ0v) is 10.7. The molecule has 1 unspecified atom stereocenters. The fourth-order valence-corrected chi connectivity index (χ4v) is 1.99. The Morgan fingerprint density at radius 3 is 2.68 bits per heavy atom. The lowest BCUT2D eigenvalue weighted by atomic mass is 10.0. The molecule has 0 aliphatic carbocycles. The zero-order chi connectivity index (χ0) is 13.8. The van der Waals surface area contributed by atoms with Gasteiger partial charge in [0.2, 0.25) is 0 Å². The average molecular weight is 284 g/mol. The van der Waals surface area contributed by atoms with Gasteiger partial charge in [-0.1, -0.05) is 17.7 Å². The van der Waals surface area contributed by atoms with Crippen LogP contribution in [0.4, 0.5) is 8.78 Å². The number of nitrogens with zero attached hydrogens (tertiary/aromatic N) is 1. The molecule has 100 valence electrons. The second kappa shape index (κ2) is 6.06. The van der Waals surface area contributed by atoms with E-state index in [1.807, 2.05) is 0 Å². The van der Waals surface area contributed by atoms with E-state index in [-0.39, 0.29) is 10.7 Å². The third-order valence-electron chi connectivity index (χ3n) is 2.74. The van der Waals surface area contributed by atoms with Gasteiger partial charge in [-0.15, -0.1) is 0 Å². The van der Waals surface area contributed by atoms with Gasteiger partial charge in [-0.2, -0.15) is 0 Å². The molecule has 0 saturated heterocycles. The van der Waals surface area contributed by atoms with Crippen molar-refractivity contribution in [1.82, 2.24) is 10.4 Å². The minimum absolute atomic E-state index is 0.0229. The molecule has 1 heterocycles. The molecule has 0 spiro atoms. The van der Waals surface area contributed by atoms with Gasteiger partial charge in [0, 0.05) is 6.20 Å². The lowest BCUT2D eigenvalue weighted by Gasteiger charge is -2.16. The van der Waals surface area contributed by atoms with Crippen molar-refractivity contribution >= 4 is 11.6 Å². The molecule has 1 aromatic carbocycles. The number of rotatable bonds is 4. The van der Waals surface area contributed by atoms with Crippen LogP contribution in [0.5, 0.6) is 0 Å². The van der Waals surface area contributed by atoms with Crippen LogP contribution in [0.15, 0.2) is 36.5 Å². The molecule has 19 heavy (non-hydrogen) atoms. The molecule has 1 atom stereocenters. The van der Waals surface area contributed by atoms with Crippen LogP contribution < -0.4 is 11.3 Å². The van der Waals surface area contributed by atoms with Gasteiger partial charge >= 0.3 is 0 Å². The predicted molar refractivity (Wildman–Crippen MR) is 69.4 cm³/mol. The Bertz CT molecular complexity index is 578. The number of pyridine rings is 1. The van der Waals surface area contributed by atoms with Gasteiger partial charge < -0.3 is 0 Å². The zero-order valence-electron chi connectivity index (χ0n) is 9.91. The summed E-state index contributed by atoms with van der Waals surface area (Å²) in [4.78, 5) is 3.96. The monoisotopic (exact) mass is 283 g/mol. The third kappa shape index (κ3) is 3.26. The first-order chi connectivity index (χ1) is 9.11. The minimum Gasteiger partial charge on any atom is -0.271 e. The molecule has 1 aromatic heterocycles. The van der Waals surface area contributed by atoms with Crippen molar-refractivity contribution < 1.29 is 8.78 Å². The molecule has 0 bridgehead atoms. The molecule has 0 aliphatic rings. The molecule has 0 radical (unpaired) electrons. The van der Waals surface area contributed by atoms with Gasteiger partial charge in [0.1, 0.15) is 11.6 Å². The highest BCUT2D eigenvalue weighted by Crippen LogP contribution is 2.22. The summed E-state index contributed by atoms with van der Waals surface area (Å²) >= 11 is 5.70. The topological polar surface area (TPSA) is 50.9 Å². The summed E-state index contributed by atoms with van der Waals surface area (Å²) in [6, 6.07) is 6.63. The van der Waals surface area contributed by atoms with Crippen molar-refractivity contribution in [3.63, 3.8) is 0 Å². The normalized spacial score (nSPS) is 12.4. The van der Waals surface area contributed by atoms with E-state index in [1.54, 1.807) is 6.07 Å². The van der Waals surface area contributed by atoms with Crippen molar-refractivity contribution in [3.05, 3.63) is 64.4 Å². The largest absolute Gasteiger partial charge is 0.271 e. The Labute approximate surface area is 114 Å². The van der Waals surface area contributed by atoms with Crippen molar-refractivity contribution in [2.75, 3.05) is 0 Å². The lowest BCUT2D eigenvalue weighted by Crippen LogP contribution is -2.31. The van der Waals surface area contributed by atoms with Crippen LogP contribution >= 0.6 is 11.6 Å². The first-order valence-electron chi connectivity index (χ1n) is 5.62.